The molecule has 0 saturated carbocycles. The predicted octanol–water partition coefficient (Wildman–Crippen LogP) is 2.65. The molecule has 0 radical (unpaired) electrons. The van der Waals surface area contributed by atoms with E-state index < -0.39 is 0 Å². The lowest BCUT2D eigenvalue weighted by molar-refractivity contribution is 0.227. The minimum absolute atomic E-state index is 0.383. The summed E-state index contributed by atoms with van der Waals surface area (Å²) in [5, 5.41) is 3.72. The highest BCUT2D eigenvalue weighted by Gasteiger charge is 2.21. The summed E-state index contributed by atoms with van der Waals surface area (Å²) >= 11 is 0. The van der Waals surface area contributed by atoms with E-state index in [0.717, 1.165) is 24.2 Å². The van der Waals surface area contributed by atoms with Gasteiger partial charge in [-0.1, -0.05) is 17.3 Å². The Morgan fingerprint density at radius 3 is 2.72 bits per heavy atom. The molecule has 0 amide bonds. The first-order valence-electron chi connectivity index (χ1n) is 6.21. The van der Waals surface area contributed by atoms with E-state index in [4.69, 9.17) is 10.3 Å². The summed E-state index contributed by atoms with van der Waals surface area (Å²) in [5.74, 6) is 0.383. The Morgan fingerprint density at radius 2 is 2.06 bits per heavy atom. The van der Waals surface area contributed by atoms with Gasteiger partial charge < -0.3 is 10.3 Å². The number of benzene rings is 1. The average molecular weight is 243 g/mol. The van der Waals surface area contributed by atoms with Crippen LogP contribution in [0.3, 0.4) is 0 Å². The van der Waals surface area contributed by atoms with Gasteiger partial charge in [0.05, 0.1) is 11.8 Å². The van der Waals surface area contributed by atoms with Crippen molar-refractivity contribution in [1.29, 1.82) is 0 Å². The summed E-state index contributed by atoms with van der Waals surface area (Å²) in [7, 11) is 0. The fourth-order valence-corrected chi connectivity index (χ4v) is 2.42. The maximum absolute atomic E-state index is 5.75. The normalized spacial score (nSPS) is 15.3. The third kappa shape index (κ3) is 1.78. The second kappa shape index (κ2) is 4.14. The summed E-state index contributed by atoms with van der Waals surface area (Å²) in [4.78, 5) is 2.45. The van der Waals surface area contributed by atoms with Crippen molar-refractivity contribution in [1.82, 2.24) is 10.1 Å². The van der Waals surface area contributed by atoms with Crippen molar-refractivity contribution in [3.63, 3.8) is 0 Å². The van der Waals surface area contributed by atoms with Crippen LogP contribution in [-0.4, -0.2) is 16.1 Å². The molecule has 4 heteroatoms. The monoisotopic (exact) mass is 243 g/mol. The van der Waals surface area contributed by atoms with Gasteiger partial charge >= 0.3 is 0 Å². The molecule has 1 aliphatic rings. The molecule has 1 aliphatic heterocycles. The van der Waals surface area contributed by atoms with Gasteiger partial charge in [0, 0.05) is 19.1 Å². The van der Waals surface area contributed by atoms with Gasteiger partial charge in [0.2, 0.25) is 5.88 Å². The van der Waals surface area contributed by atoms with Gasteiger partial charge in [-0.05, 0) is 36.6 Å². The van der Waals surface area contributed by atoms with Gasteiger partial charge in [-0.2, -0.15) is 0 Å². The summed E-state index contributed by atoms with van der Waals surface area (Å²) in [5.41, 5.74) is 10.5. The standard InChI is InChI=1S/C14H17N3O/c1-9(2)17-7-11-4-3-10(5-12(11)8-17)13-6-16-18-14(13)15/h3-6,9H,7-8,15H2,1-2H3. The zero-order chi connectivity index (χ0) is 12.7. The van der Waals surface area contributed by atoms with E-state index in [1.54, 1.807) is 6.20 Å². The largest absolute Gasteiger partial charge is 0.367 e. The molecule has 3 rings (SSSR count). The first-order chi connectivity index (χ1) is 8.65. The second-order valence-corrected chi connectivity index (χ2v) is 5.09. The van der Waals surface area contributed by atoms with E-state index in [0.29, 0.717) is 11.9 Å². The van der Waals surface area contributed by atoms with Crippen LogP contribution < -0.4 is 5.73 Å². The lowest BCUT2D eigenvalue weighted by atomic mass is 10.0. The number of nitrogens with zero attached hydrogens (tertiary/aromatic N) is 2. The molecule has 4 nitrogen and oxygen atoms in total. The van der Waals surface area contributed by atoms with Crippen molar-refractivity contribution in [3.05, 3.63) is 35.5 Å². The SMILES string of the molecule is CC(C)N1Cc2ccc(-c3cnoc3N)cc2C1. The Kier molecular flexibility index (Phi) is 2.59. The molecule has 0 spiro atoms. The minimum Gasteiger partial charge on any atom is -0.367 e. The number of nitrogens with two attached hydrogens (primary N) is 1. The van der Waals surface area contributed by atoms with Crippen molar-refractivity contribution >= 4 is 5.88 Å². The molecule has 1 aromatic carbocycles. The lowest BCUT2D eigenvalue weighted by Gasteiger charge is -2.18. The van der Waals surface area contributed by atoms with Crippen LogP contribution in [0, 0.1) is 0 Å². The summed E-state index contributed by atoms with van der Waals surface area (Å²) in [6, 6.07) is 7.03. The summed E-state index contributed by atoms with van der Waals surface area (Å²) < 4.78 is 4.91. The Labute approximate surface area is 106 Å². The third-order valence-electron chi connectivity index (χ3n) is 3.59. The molecular formula is C14H17N3O. The molecule has 0 saturated heterocycles. The topological polar surface area (TPSA) is 55.3 Å². The van der Waals surface area contributed by atoms with Crippen LogP contribution in [0.2, 0.25) is 0 Å². The highest BCUT2D eigenvalue weighted by Crippen LogP contribution is 2.31. The lowest BCUT2D eigenvalue weighted by Crippen LogP contribution is -2.24. The van der Waals surface area contributed by atoms with Crippen LogP contribution in [0.1, 0.15) is 25.0 Å². The molecule has 2 aromatic rings. The zero-order valence-corrected chi connectivity index (χ0v) is 10.7. The molecular weight excluding hydrogens is 226 g/mol. The van der Waals surface area contributed by atoms with Gasteiger partial charge in [0.1, 0.15) is 0 Å². The number of anilines is 1. The number of nitrogen functional groups attached to an aromatic ring is 1. The fraction of sp³-hybridized carbons (Fsp3) is 0.357. The van der Waals surface area contributed by atoms with Crippen molar-refractivity contribution < 1.29 is 4.52 Å². The highest BCUT2D eigenvalue weighted by molar-refractivity contribution is 5.72. The van der Waals surface area contributed by atoms with Gasteiger partial charge in [-0.3, -0.25) is 4.90 Å². The van der Waals surface area contributed by atoms with Crippen molar-refractivity contribution in [2.45, 2.75) is 33.0 Å². The van der Waals surface area contributed by atoms with Crippen LogP contribution >= 0.6 is 0 Å². The highest BCUT2D eigenvalue weighted by atomic mass is 16.5. The summed E-state index contributed by atoms with van der Waals surface area (Å²) in [6.45, 7) is 6.49. The molecule has 0 unspecified atom stereocenters. The number of hydrogen-bond acceptors (Lipinski definition) is 4. The molecule has 18 heavy (non-hydrogen) atoms. The Morgan fingerprint density at radius 1 is 1.28 bits per heavy atom. The molecule has 1 aromatic heterocycles. The molecule has 0 atom stereocenters. The van der Waals surface area contributed by atoms with Crippen molar-refractivity contribution in [2.75, 3.05) is 5.73 Å². The van der Waals surface area contributed by atoms with E-state index in [-0.39, 0.29) is 0 Å². The quantitative estimate of drug-likeness (QED) is 0.881. The van der Waals surface area contributed by atoms with Crippen molar-refractivity contribution in [3.8, 4) is 11.1 Å². The number of aromatic nitrogens is 1. The van der Waals surface area contributed by atoms with Crippen LogP contribution in [0.4, 0.5) is 5.88 Å². The fourth-order valence-electron chi connectivity index (χ4n) is 2.42. The molecule has 94 valence electrons. The van der Waals surface area contributed by atoms with Gasteiger partial charge in [-0.25, -0.2) is 0 Å². The van der Waals surface area contributed by atoms with Crippen molar-refractivity contribution in [2.24, 2.45) is 0 Å². The third-order valence-corrected chi connectivity index (χ3v) is 3.59. The van der Waals surface area contributed by atoms with Crippen LogP contribution in [0.15, 0.2) is 28.9 Å². The van der Waals surface area contributed by atoms with Gasteiger partial charge in [0.15, 0.2) is 0 Å². The summed E-state index contributed by atoms with van der Waals surface area (Å²) in [6.07, 6.45) is 1.67. The van der Waals surface area contributed by atoms with Gasteiger partial charge in [-0.15, -0.1) is 0 Å². The maximum atomic E-state index is 5.75. The zero-order valence-electron chi connectivity index (χ0n) is 10.7. The molecule has 0 fully saturated rings. The maximum Gasteiger partial charge on any atom is 0.229 e. The number of rotatable bonds is 2. The van der Waals surface area contributed by atoms with Crippen LogP contribution in [-0.2, 0) is 13.1 Å². The van der Waals surface area contributed by atoms with E-state index in [9.17, 15) is 0 Å². The number of hydrogen-bond donors (Lipinski definition) is 1. The molecule has 0 aliphatic carbocycles. The molecule has 2 N–H and O–H groups in total. The van der Waals surface area contributed by atoms with Gasteiger partial charge in [0.25, 0.3) is 0 Å². The van der Waals surface area contributed by atoms with Crippen LogP contribution in [0.25, 0.3) is 11.1 Å². The van der Waals surface area contributed by atoms with E-state index in [1.165, 1.54) is 11.1 Å². The van der Waals surface area contributed by atoms with E-state index in [2.05, 4.69) is 42.1 Å². The Balaban J connectivity index is 1.95. The predicted molar refractivity (Wildman–Crippen MR) is 70.7 cm³/mol. The minimum atomic E-state index is 0.383. The Hall–Kier alpha value is -1.81. The smallest absolute Gasteiger partial charge is 0.229 e. The first kappa shape index (κ1) is 11.3. The first-order valence-corrected chi connectivity index (χ1v) is 6.21. The molecule has 2 heterocycles. The second-order valence-electron chi connectivity index (χ2n) is 5.09. The number of fused-ring (bicyclic) bond motifs is 1. The van der Waals surface area contributed by atoms with E-state index in [1.807, 2.05) is 0 Å². The van der Waals surface area contributed by atoms with Crippen LogP contribution in [0.5, 0.6) is 0 Å². The average Bonchev–Trinajstić information content (AvgIpc) is 2.93. The Bertz CT molecular complexity index is 574. The van der Waals surface area contributed by atoms with E-state index >= 15 is 0 Å². The molecule has 0 bridgehead atoms.